The summed E-state index contributed by atoms with van der Waals surface area (Å²) in [6, 6.07) is 3.16. The quantitative estimate of drug-likeness (QED) is 0.495. The van der Waals surface area contributed by atoms with E-state index in [1.807, 2.05) is 6.92 Å². The number of rotatable bonds is 6. The highest BCUT2D eigenvalue weighted by Gasteiger charge is 2.33. The average molecular weight is 317 g/mol. The van der Waals surface area contributed by atoms with Gasteiger partial charge in [0.2, 0.25) is 0 Å². The van der Waals surface area contributed by atoms with Crippen molar-refractivity contribution in [3.63, 3.8) is 0 Å². The zero-order valence-electron chi connectivity index (χ0n) is 13.4. The number of methoxy groups -OCH3 is 2. The number of ketones is 2. The Labute approximate surface area is 134 Å². The van der Waals surface area contributed by atoms with Gasteiger partial charge < -0.3 is 14.7 Å². The van der Waals surface area contributed by atoms with Gasteiger partial charge in [-0.05, 0) is 31.1 Å². The van der Waals surface area contributed by atoms with Crippen molar-refractivity contribution in [2.75, 3.05) is 14.2 Å². The zero-order valence-corrected chi connectivity index (χ0v) is 13.4. The summed E-state index contributed by atoms with van der Waals surface area (Å²) in [5, 5.41) is 12.4. The molecule has 0 heterocycles. The summed E-state index contributed by atoms with van der Waals surface area (Å²) in [5.74, 6) is -0.176. The van der Waals surface area contributed by atoms with Gasteiger partial charge in [-0.3, -0.25) is 9.59 Å². The fourth-order valence-corrected chi connectivity index (χ4v) is 2.58. The van der Waals surface area contributed by atoms with E-state index >= 15 is 0 Å². The number of benzene rings is 1. The lowest BCUT2D eigenvalue weighted by molar-refractivity contribution is 0.0983. The summed E-state index contributed by atoms with van der Waals surface area (Å²) in [7, 11) is 2.86. The first-order chi connectivity index (χ1) is 11.1. The molecule has 0 atom stereocenters. The van der Waals surface area contributed by atoms with Gasteiger partial charge in [0.05, 0.1) is 36.6 Å². The van der Waals surface area contributed by atoms with E-state index in [1.54, 1.807) is 12.1 Å². The molecule has 0 aliphatic heterocycles. The molecular formula is C17H19NO5. The highest BCUT2D eigenvalue weighted by Crippen LogP contribution is 2.36. The topological polar surface area (TPSA) is 85.2 Å². The van der Waals surface area contributed by atoms with E-state index in [4.69, 9.17) is 9.47 Å². The van der Waals surface area contributed by atoms with Crippen LogP contribution in [-0.2, 0) is 0 Å². The third-order valence-corrected chi connectivity index (χ3v) is 3.76. The number of hydrogen-bond donors (Lipinski definition) is 1. The molecule has 0 saturated heterocycles. The van der Waals surface area contributed by atoms with Crippen LogP contribution in [0.15, 0.2) is 28.9 Å². The highest BCUT2D eigenvalue weighted by atomic mass is 16.5. The summed E-state index contributed by atoms with van der Waals surface area (Å²) in [4.78, 5) is 25.3. The Bertz CT molecular complexity index is 703. The lowest BCUT2D eigenvalue weighted by atomic mass is 9.85. The minimum Gasteiger partial charge on any atom is -0.496 e. The minimum absolute atomic E-state index is 0.102. The Balaban J connectivity index is 2.58. The number of Topliss-reactive ketones (excluding diaryl/α,β-unsaturated/α-hetero) is 1. The second-order valence-corrected chi connectivity index (χ2v) is 5.12. The summed E-state index contributed by atoms with van der Waals surface area (Å²) in [6.07, 6.45) is 3.25. The number of carbonyl (C=O) groups excluding carboxylic acids is 2. The van der Waals surface area contributed by atoms with Gasteiger partial charge in [0, 0.05) is 0 Å². The second kappa shape index (κ2) is 7.09. The Morgan fingerprint density at radius 1 is 1.13 bits per heavy atom. The molecule has 122 valence electrons. The van der Waals surface area contributed by atoms with E-state index in [0.29, 0.717) is 12.2 Å². The Kier molecular flexibility index (Phi) is 5.16. The maximum atomic E-state index is 12.8. The Morgan fingerprint density at radius 3 is 2.26 bits per heavy atom. The summed E-state index contributed by atoms with van der Waals surface area (Å²) in [6.45, 7) is 1.99. The standard InChI is InChI=1S/C17H19NO5/c1-4-5-6-11(18-21)10-9-12(19)15-13(22-2)7-8-14(23-3)16(15)17(10)20/h7-9,21H,4-6H2,1-3H3. The van der Waals surface area contributed by atoms with Crippen molar-refractivity contribution in [2.45, 2.75) is 26.2 Å². The van der Waals surface area contributed by atoms with Gasteiger partial charge >= 0.3 is 0 Å². The van der Waals surface area contributed by atoms with Crippen LogP contribution in [0.3, 0.4) is 0 Å². The van der Waals surface area contributed by atoms with Crippen LogP contribution in [0, 0.1) is 0 Å². The molecular weight excluding hydrogens is 298 g/mol. The fraction of sp³-hybridized carbons (Fsp3) is 0.353. The SMILES string of the molecule is CCCCC(=NO)C1=CC(=O)c2c(OC)ccc(OC)c2C1=O. The molecule has 6 heteroatoms. The molecule has 0 unspecified atom stereocenters. The second-order valence-electron chi connectivity index (χ2n) is 5.12. The normalized spacial score (nSPS) is 14.4. The van der Waals surface area contributed by atoms with Crippen molar-refractivity contribution in [1.29, 1.82) is 0 Å². The van der Waals surface area contributed by atoms with Crippen molar-refractivity contribution >= 4 is 17.3 Å². The van der Waals surface area contributed by atoms with Crippen LogP contribution in [0.25, 0.3) is 0 Å². The molecule has 1 aromatic rings. The lowest BCUT2D eigenvalue weighted by Gasteiger charge is -2.20. The predicted molar refractivity (Wildman–Crippen MR) is 85.0 cm³/mol. The number of allylic oxidation sites excluding steroid dienone is 2. The van der Waals surface area contributed by atoms with Crippen LogP contribution in [0.5, 0.6) is 11.5 Å². The van der Waals surface area contributed by atoms with Gasteiger partial charge in [0.1, 0.15) is 11.5 Å². The maximum absolute atomic E-state index is 12.8. The minimum atomic E-state index is -0.403. The molecule has 0 amide bonds. The summed E-state index contributed by atoms with van der Waals surface area (Å²) >= 11 is 0. The lowest BCUT2D eigenvalue weighted by Crippen LogP contribution is -2.23. The van der Waals surface area contributed by atoms with Crippen LogP contribution in [0.4, 0.5) is 0 Å². The van der Waals surface area contributed by atoms with Gasteiger partial charge in [-0.15, -0.1) is 0 Å². The van der Waals surface area contributed by atoms with Crippen LogP contribution < -0.4 is 9.47 Å². The monoisotopic (exact) mass is 317 g/mol. The Morgan fingerprint density at radius 2 is 1.74 bits per heavy atom. The molecule has 0 saturated carbocycles. The first kappa shape index (κ1) is 16.7. The molecule has 2 rings (SSSR count). The van der Waals surface area contributed by atoms with Gasteiger partial charge in [-0.25, -0.2) is 0 Å². The molecule has 1 aromatic carbocycles. The smallest absolute Gasteiger partial charge is 0.199 e. The number of fused-ring (bicyclic) bond motifs is 1. The van der Waals surface area contributed by atoms with Gasteiger partial charge in [-0.2, -0.15) is 0 Å². The van der Waals surface area contributed by atoms with E-state index in [2.05, 4.69) is 5.16 Å². The first-order valence-electron chi connectivity index (χ1n) is 7.36. The van der Waals surface area contributed by atoms with Crippen LogP contribution in [-0.4, -0.2) is 36.7 Å². The molecule has 1 aliphatic rings. The van der Waals surface area contributed by atoms with Crippen molar-refractivity contribution in [1.82, 2.24) is 0 Å². The number of ether oxygens (including phenoxy) is 2. The Hall–Kier alpha value is -2.63. The zero-order chi connectivity index (χ0) is 17.0. The molecule has 1 aliphatic carbocycles. The third kappa shape index (κ3) is 2.97. The van der Waals surface area contributed by atoms with Crippen molar-refractivity contribution in [3.8, 4) is 11.5 Å². The van der Waals surface area contributed by atoms with Gasteiger partial charge in [0.15, 0.2) is 11.6 Å². The largest absolute Gasteiger partial charge is 0.496 e. The molecule has 0 spiro atoms. The van der Waals surface area contributed by atoms with Gasteiger partial charge in [0.25, 0.3) is 0 Å². The number of carbonyl (C=O) groups is 2. The molecule has 0 radical (unpaired) electrons. The molecule has 0 bridgehead atoms. The predicted octanol–water partition coefficient (Wildman–Crippen LogP) is 3.03. The average Bonchev–Trinajstić information content (AvgIpc) is 2.58. The molecule has 1 N–H and O–H groups in total. The van der Waals surface area contributed by atoms with Gasteiger partial charge in [-0.1, -0.05) is 18.5 Å². The van der Waals surface area contributed by atoms with E-state index < -0.39 is 5.78 Å². The highest BCUT2D eigenvalue weighted by molar-refractivity contribution is 6.37. The summed E-state index contributed by atoms with van der Waals surface area (Å²) in [5.41, 5.74) is 0.631. The fourth-order valence-electron chi connectivity index (χ4n) is 2.58. The number of oxime groups is 1. The molecule has 23 heavy (non-hydrogen) atoms. The number of nitrogens with zero attached hydrogens (tertiary/aromatic N) is 1. The van der Waals surface area contributed by atoms with Crippen LogP contribution in [0.1, 0.15) is 46.9 Å². The van der Waals surface area contributed by atoms with Crippen molar-refractivity contribution in [3.05, 3.63) is 34.9 Å². The first-order valence-corrected chi connectivity index (χ1v) is 7.36. The van der Waals surface area contributed by atoms with Crippen molar-refractivity contribution in [2.24, 2.45) is 5.16 Å². The van der Waals surface area contributed by atoms with E-state index in [0.717, 1.165) is 12.8 Å². The third-order valence-electron chi connectivity index (χ3n) is 3.76. The molecule has 0 aromatic heterocycles. The van der Waals surface area contributed by atoms with Crippen molar-refractivity contribution < 1.29 is 24.3 Å². The summed E-state index contributed by atoms with van der Waals surface area (Å²) < 4.78 is 10.4. The maximum Gasteiger partial charge on any atom is 0.199 e. The number of unbranched alkanes of at least 4 members (excludes halogenated alkanes) is 1. The van der Waals surface area contributed by atoms with Crippen LogP contribution >= 0.6 is 0 Å². The molecule has 6 nitrogen and oxygen atoms in total. The van der Waals surface area contributed by atoms with E-state index in [9.17, 15) is 14.8 Å². The molecule has 0 fully saturated rings. The number of hydrogen-bond acceptors (Lipinski definition) is 6. The van der Waals surface area contributed by atoms with Crippen LogP contribution in [0.2, 0.25) is 0 Å². The van der Waals surface area contributed by atoms with E-state index in [-0.39, 0.29) is 33.9 Å². The van der Waals surface area contributed by atoms with E-state index in [1.165, 1.54) is 20.3 Å².